The molecule has 2 heterocycles. The summed E-state index contributed by atoms with van der Waals surface area (Å²) in [5.41, 5.74) is 0.780. The topological polar surface area (TPSA) is 63.1 Å². The lowest BCUT2D eigenvalue weighted by atomic mass is 10.2. The summed E-state index contributed by atoms with van der Waals surface area (Å²) in [6, 6.07) is 7.55. The SMILES string of the molecule is CC1CN(C(=O)c2ncn(-c3cccc(Cl)c3)n2)CCN1. The number of hydrogen-bond donors (Lipinski definition) is 1. The first-order chi connectivity index (χ1) is 10.1. The van der Waals surface area contributed by atoms with Crippen LogP contribution in [0.25, 0.3) is 5.69 Å². The first-order valence-electron chi connectivity index (χ1n) is 6.84. The van der Waals surface area contributed by atoms with Crippen LogP contribution >= 0.6 is 11.6 Å². The maximum Gasteiger partial charge on any atom is 0.293 e. The number of benzene rings is 1. The summed E-state index contributed by atoms with van der Waals surface area (Å²) in [6.45, 7) is 4.19. The van der Waals surface area contributed by atoms with Crippen molar-refractivity contribution in [2.24, 2.45) is 0 Å². The highest BCUT2D eigenvalue weighted by Crippen LogP contribution is 2.14. The summed E-state index contributed by atoms with van der Waals surface area (Å²) in [7, 11) is 0. The van der Waals surface area contributed by atoms with Gasteiger partial charge in [-0.3, -0.25) is 4.79 Å². The molecule has 1 aromatic heterocycles. The number of nitrogens with zero attached hydrogens (tertiary/aromatic N) is 4. The standard InChI is InChI=1S/C14H16ClN5O/c1-10-8-19(6-5-16-10)14(21)13-17-9-20(18-13)12-4-2-3-11(15)7-12/h2-4,7,9-10,16H,5-6,8H2,1H3. The van der Waals surface area contributed by atoms with Crippen molar-refractivity contribution in [2.45, 2.75) is 13.0 Å². The van der Waals surface area contributed by atoms with Gasteiger partial charge in [0.15, 0.2) is 0 Å². The van der Waals surface area contributed by atoms with Gasteiger partial charge in [0.1, 0.15) is 6.33 Å². The zero-order valence-corrected chi connectivity index (χ0v) is 12.4. The molecule has 1 aliphatic heterocycles. The summed E-state index contributed by atoms with van der Waals surface area (Å²) in [5.74, 6) is 0.0770. The predicted octanol–water partition coefficient (Wildman–Crippen LogP) is 1.35. The fourth-order valence-electron chi connectivity index (χ4n) is 2.36. The number of rotatable bonds is 2. The number of halogens is 1. The highest BCUT2D eigenvalue weighted by atomic mass is 35.5. The van der Waals surface area contributed by atoms with E-state index in [9.17, 15) is 4.79 Å². The molecule has 1 aromatic carbocycles. The molecule has 21 heavy (non-hydrogen) atoms. The Hall–Kier alpha value is -1.92. The third-order valence-electron chi connectivity index (χ3n) is 3.41. The van der Waals surface area contributed by atoms with Gasteiger partial charge >= 0.3 is 0 Å². The van der Waals surface area contributed by atoms with Crippen LogP contribution in [0.15, 0.2) is 30.6 Å². The minimum absolute atomic E-state index is 0.135. The van der Waals surface area contributed by atoms with Crippen molar-refractivity contribution in [3.05, 3.63) is 41.4 Å². The highest BCUT2D eigenvalue weighted by Gasteiger charge is 2.24. The molecule has 7 heteroatoms. The molecule has 1 N–H and O–H groups in total. The number of aromatic nitrogens is 3. The van der Waals surface area contributed by atoms with Crippen molar-refractivity contribution < 1.29 is 4.79 Å². The van der Waals surface area contributed by atoms with Gasteiger partial charge in [0.2, 0.25) is 5.82 Å². The van der Waals surface area contributed by atoms with E-state index < -0.39 is 0 Å². The minimum atomic E-state index is -0.135. The van der Waals surface area contributed by atoms with Crippen LogP contribution in [0.5, 0.6) is 0 Å². The van der Waals surface area contributed by atoms with Crippen LogP contribution in [-0.4, -0.2) is 51.2 Å². The molecule has 0 saturated carbocycles. The third-order valence-corrected chi connectivity index (χ3v) is 3.65. The van der Waals surface area contributed by atoms with Crippen LogP contribution in [0.1, 0.15) is 17.5 Å². The first kappa shape index (κ1) is 14.0. The van der Waals surface area contributed by atoms with Gasteiger partial charge in [-0.05, 0) is 25.1 Å². The molecule has 1 unspecified atom stereocenters. The van der Waals surface area contributed by atoms with Crippen LogP contribution < -0.4 is 5.32 Å². The number of carbonyl (C=O) groups is 1. The third kappa shape index (κ3) is 3.06. The van der Waals surface area contributed by atoms with E-state index >= 15 is 0 Å². The monoisotopic (exact) mass is 305 g/mol. The lowest BCUT2D eigenvalue weighted by molar-refractivity contribution is 0.0697. The summed E-state index contributed by atoms with van der Waals surface area (Å²) in [6.07, 6.45) is 1.53. The fourth-order valence-corrected chi connectivity index (χ4v) is 2.55. The summed E-state index contributed by atoms with van der Waals surface area (Å²) in [4.78, 5) is 18.3. The molecule has 1 atom stereocenters. The van der Waals surface area contributed by atoms with E-state index in [0.29, 0.717) is 18.1 Å². The number of nitrogens with one attached hydrogen (secondary N) is 1. The molecule has 1 fully saturated rings. The van der Waals surface area contributed by atoms with Crippen molar-refractivity contribution in [1.82, 2.24) is 25.0 Å². The van der Waals surface area contributed by atoms with Crippen molar-refractivity contribution in [2.75, 3.05) is 19.6 Å². The lowest BCUT2D eigenvalue weighted by Crippen LogP contribution is -2.51. The van der Waals surface area contributed by atoms with E-state index in [2.05, 4.69) is 22.3 Å². The number of carbonyl (C=O) groups excluding carboxylic acids is 1. The molecule has 0 spiro atoms. The molecule has 1 amide bonds. The van der Waals surface area contributed by atoms with Crippen LogP contribution in [-0.2, 0) is 0 Å². The predicted molar refractivity (Wildman–Crippen MR) is 79.7 cm³/mol. The summed E-state index contributed by atoms with van der Waals surface area (Å²) < 4.78 is 1.56. The smallest absolute Gasteiger partial charge is 0.293 e. The van der Waals surface area contributed by atoms with Crippen molar-refractivity contribution in [3.63, 3.8) is 0 Å². The van der Waals surface area contributed by atoms with E-state index in [4.69, 9.17) is 11.6 Å². The molecule has 6 nitrogen and oxygen atoms in total. The zero-order chi connectivity index (χ0) is 14.8. The Balaban J connectivity index is 1.80. The molecule has 1 aliphatic rings. The van der Waals surface area contributed by atoms with Crippen LogP contribution in [0.4, 0.5) is 0 Å². The Morgan fingerprint density at radius 3 is 3.10 bits per heavy atom. The van der Waals surface area contributed by atoms with E-state index in [0.717, 1.165) is 12.2 Å². The minimum Gasteiger partial charge on any atom is -0.333 e. The molecular formula is C14H16ClN5O. The maximum atomic E-state index is 12.4. The second-order valence-electron chi connectivity index (χ2n) is 5.10. The van der Waals surface area contributed by atoms with Gasteiger partial charge in [-0.2, -0.15) is 0 Å². The Morgan fingerprint density at radius 1 is 1.48 bits per heavy atom. The lowest BCUT2D eigenvalue weighted by Gasteiger charge is -2.30. The molecule has 0 radical (unpaired) electrons. The second-order valence-corrected chi connectivity index (χ2v) is 5.54. The number of hydrogen-bond acceptors (Lipinski definition) is 4. The molecule has 1 saturated heterocycles. The Kier molecular flexibility index (Phi) is 3.90. The van der Waals surface area contributed by atoms with Crippen LogP contribution in [0.3, 0.4) is 0 Å². The largest absolute Gasteiger partial charge is 0.333 e. The molecule has 0 bridgehead atoms. The van der Waals surface area contributed by atoms with Crippen LogP contribution in [0.2, 0.25) is 5.02 Å². The molecule has 110 valence electrons. The van der Waals surface area contributed by atoms with Gasteiger partial charge in [-0.25, -0.2) is 9.67 Å². The van der Waals surface area contributed by atoms with E-state index in [1.165, 1.54) is 6.33 Å². The van der Waals surface area contributed by atoms with E-state index in [1.54, 1.807) is 21.7 Å². The van der Waals surface area contributed by atoms with Gasteiger partial charge in [-0.15, -0.1) is 5.10 Å². The molecule has 0 aliphatic carbocycles. The summed E-state index contributed by atoms with van der Waals surface area (Å²) >= 11 is 5.96. The Morgan fingerprint density at radius 2 is 2.33 bits per heavy atom. The van der Waals surface area contributed by atoms with E-state index in [1.807, 2.05) is 12.1 Å². The van der Waals surface area contributed by atoms with Crippen molar-refractivity contribution in [1.29, 1.82) is 0 Å². The maximum absolute atomic E-state index is 12.4. The second kappa shape index (κ2) is 5.83. The molecule has 3 rings (SSSR count). The van der Waals surface area contributed by atoms with E-state index in [-0.39, 0.29) is 17.8 Å². The first-order valence-corrected chi connectivity index (χ1v) is 7.21. The van der Waals surface area contributed by atoms with Gasteiger partial charge in [-0.1, -0.05) is 17.7 Å². The highest BCUT2D eigenvalue weighted by molar-refractivity contribution is 6.30. The zero-order valence-electron chi connectivity index (χ0n) is 11.7. The van der Waals surface area contributed by atoms with Gasteiger partial charge in [0.05, 0.1) is 5.69 Å². The molecular weight excluding hydrogens is 290 g/mol. The average Bonchev–Trinajstić information content (AvgIpc) is 2.96. The fraction of sp³-hybridized carbons (Fsp3) is 0.357. The normalized spacial score (nSPS) is 18.8. The number of piperazine rings is 1. The van der Waals surface area contributed by atoms with Crippen molar-refractivity contribution in [3.8, 4) is 5.69 Å². The van der Waals surface area contributed by atoms with Crippen LogP contribution in [0, 0.1) is 0 Å². The molecule has 2 aromatic rings. The van der Waals surface area contributed by atoms with Gasteiger partial charge in [0, 0.05) is 30.7 Å². The van der Waals surface area contributed by atoms with Gasteiger partial charge < -0.3 is 10.2 Å². The number of amides is 1. The summed E-state index contributed by atoms with van der Waals surface area (Å²) in [5, 5.41) is 8.18. The Labute approximate surface area is 127 Å². The Bertz CT molecular complexity index is 656. The average molecular weight is 306 g/mol. The quantitative estimate of drug-likeness (QED) is 0.910. The van der Waals surface area contributed by atoms with Gasteiger partial charge in [0.25, 0.3) is 5.91 Å². The van der Waals surface area contributed by atoms with Crippen molar-refractivity contribution >= 4 is 17.5 Å².